The summed E-state index contributed by atoms with van der Waals surface area (Å²) in [6, 6.07) is 12.6. The van der Waals surface area contributed by atoms with Gasteiger partial charge in [0.1, 0.15) is 0 Å². The summed E-state index contributed by atoms with van der Waals surface area (Å²) in [4.78, 5) is 0. The standard InChI is InChI=1S/C18H19Cl3/c1-11-5-7-13(3)15(9-11)17(18(19,20)21)16-10-12(2)6-8-14(16)4/h5-10,17H,1-4H3. The zero-order chi connectivity index (χ0) is 15.8. The molecule has 0 atom stereocenters. The van der Waals surface area contributed by atoms with Gasteiger partial charge in [0, 0.05) is 0 Å². The Balaban J connectivity index is 2.70. The molecule has 0 amide bonds. The lowest BCUT2D eigenvalue weighted by Crippen LogP contribution is -2.20. The third kappa shape index (κ3) is 3.74. The Labute approximate surface area is 142 Å². The van der Waals surface area contributed by atoms with E-state index in [-0.39, 0.29) is 5.92 Å². The molecule has 0 radical (unpaired) electrons. The highest BCUT2D eigenvalue weighted by atomic mass is 35.6. The molecule has 21 heavy (non-hydrogen) atoms. The molecular weight excluding hydrogens is 323 g/mol. The third-order valence-corrected chi connectivity index (χ3v) is 4.47. The molecule has 0 unspecified atom stereocenters. The smallest absolute Gasteiger partial charge is 0.0826 e. The second kappa shape index (κ2) is 6.20. The van der Waals surface area contributed by atoms with E-state index >= 15 is 0 Å². The van der Waals surface area contributed by atoms with Gasteiger partial charge in [-0.05, 0) is 49.9 Å². The first-order valence-electron chi connectivity index (χ1n) is 6.91. The lowest BCUT2D eigenvalue weighted by molar-refractivity contribution is 0.820. The van der Waals surface area contributed by atoms with Crippen molar-refractivity contribution in [3.63, 3.8) is 0 Å². The molecule has 0 saturated heterocycles. The van der Waals surface area contributed by atoms with Crippen LogP contribution in [0, 0.1) is 27.7 Å². The molecule has 2 rings (SSSR count). The average molecular weight is 342 g/mol. The zero-order valence-corrected chi connectivity index (χ0v) is 14.9. The van der Waals surface area contributed by atoms with Crippen molar-refractivity contribution in [2.75, 3.05) is 0 Å². The van der Waals surface area contributed by atoms with Gasteiger partial charge >= 0.3 is 0 Å². The van der Waals surface area contributed by atoms with Crippen molar-refractivity contribution in [1.82, 2.24) is 0 Å². The summed E-state index contributed by atoms with van der Waals surface area (Å²) in [6.45, 7) is 8.23. The predicted octanol–water partition coefficient (Wildman–Crippen LogP) is 6.42. The van der Waals surface area contributed by atoms with E-state index < -0.39 is 3.79 Å². The molecule has 3 heteroatoms. The first-order valence-corrected chi connectivity index (χ1v) is 8.04. The van der Waals surface area contributed by atoms with Crippen LogP contribution in [-0.4, -0.2) is 3.79 Å². The topological polar surface area (TPSA) is 0 Å². The largest absolute Gasteiger partial charge is 0.201 e. The summed E-state index contributed by atoms with van der Waals surface area (Å²) in [6.07, 6.45) is 0. The Morgan fingerprint density at radius 3 is 1.43 bits per heavy atom. The van der Waals surface area contributed by atoms with E-state index in [2.05, 4.69) is 64.1 Å². The van der Waals surface area contributed by atoms with Crippen molar-refractivity contribution in [3.05, 3.63) is 69.8 Å². The maximum Gasteiger partial charge on any atom is 0.201 e. The average Bonchev–Trinajstić information content (AvgIpc) is 2.36. The van der Waals surface area contributed by atoms with Gasteiger partial charge in [-0.2, -0.15) is 0 Å². The lowest BCUT2D eigenvalue weighted by atomic mass is 9.85. The third-order valence-electron chi connectivity index (χ3n) is 3.82. The number of hydrogen-bond donors (Lipinski definition) is 0. The van der Waals surface area contributed by atoms with Crippen LogP contribution in [0.2, 0.25) is 0 Å². The van der Waals surface area contributed by atoms with E-state index in [0.717, 1.165) is 22.3 Å². The molecule has 0 aliphatic rings. The van der Waals surface area contributed by atoms with Gasteiger partial charge < -0.3 is 0 Å². The van der Waals surface area contributed by atoms with Crippen molar-refractivity contribution in [2.45, 2.75) is 37.4 Å². The Morgan fingerprint density at radius 2 is 1.10 bits per heavy atom. The van der Waals surface area contributed by atoms with Crippen molar-refractivity contribution in [2.24, 2.45) is 0 Å². The summed E-state index contributed by atoms with van der Waals surface area (Å²) in [5, 5.41) is 0. The predicted molar refractivity (Wildman–Crippen MR) is 94.0 cm³/mol. The maximum atomic E-state index is 6.35. The van der Waals surface area contributed by atoms with Crippen LogP contribution < -0.4 is 0 Å². The highest BCUT2D eigenvalue weighted by Gasteiger charge is 2.37. The molecule has 0 heterocycles. The van der Waals surface area contributed by atoms with E-state index in [1.54, 1.807) is 0 Å². The van der Waals surface area contributed by atoms with E-state index in [9.17, 15) is 0 Å². The molecule has 0 spiro atoms. The van der Waals surface area contributed by atoms with Gasteiger partial charge in [-0.15, -0.1) is 0 Å². The number of halogens is 3. The number of hydrogen-bond acceptors (Lipinski definition) is 0. The molecule has 2 aromatic carbocycles. The highest BCUT2D eigenvalue weighted by molar-refractivity contribution is 6.68. The summed E-state index contributed by atoms with van der Waals surface area (Å²) in [7, 11) is 0. The fourth-order valence-electron chi connectivity index (χ4n) is 2.66. The quantitative estimate of drug-likeness (QED) is 0.553. The van der Waals surface area contributed by atoms with Gasteiger partial charge in [0.25, 0.3) is 0 Å². The molecule has 2 aromatic rings. The van der Waals surface area contributed by atoms with Crippen molar-refractivity contribution < 1.29 is 0 Å². The van der Waals surface area contributed by atoms with Crippen LogP contribution in [0.5, 0.6) is 0 Å². The Kier molecular flexibility index (Phi) is 4.92. The fourth-order valence-corrected chi connectivity index (χ4v) is 3.37. The van der Waals surface area contributed by atoms with Gasteiger partial charge in [-0.1, -0.05) is 82.3 Å². The molecule has 0 aliphatic carbocycles. The minimum absolute atomic E-state index is 0.276. The summed E-state index contributed by atoms with van der Waals surface area (Å²) < 4.78 is -1.39. The second-order valence-electron chi connectivity index (χ2n) is 5.69. The van der Waals surface area contributed by atoms with Gasteiger partial charge in [0.15, 0.2) is 0 Å². The number of benzene rings is 2. The number of aryl methyl sites for hydroxylation is 4. The van der Waals surface area contributed by atoms with Gasteiger partial charge in [0.2, 0.25) is 3.79 Å². The molecule has 0 saturated carbocycles. The minimum Gasteiger partial charge on any atom is -0.0826 e. The monoisotopic (exact) mass is 340 g/mol. The van der Waals surface area contributed by atoms with Crippen LogP contribution in [0.25, 0.3) is 0 Å². The first kappa shape index (κ1) is 16.7. The van der Waals surface area contributed by atoms with E-state index in [4.69, 9.17) is 34.8 Å². The van der Waals surface area contributed by atoms with Gasteiger partial charge in [-0.3, -0.25) is 0 Å². The zero-order valence-electron chi connectivity index (χ0n) is 12.7. The van der Waals surface area contributed by atoms with Gasteiger partial charge in [-0.25, -0.2) is 0 Å². The van der Waals surface area contributed by atoms with Crippen molar-refractivity contribution >= 4 is 34.8 Å². The number of alkyl halides is 3. The van der Waals surface area contributed by atoms with Crippen molar-refractivity contribution in [3.8, 4) is 0 Å². The molecule has 0 nitrogen and oxygen atoms in total. The molecule has 0 N–H and O–H groups in total. The van der Waals surface area contributed by atoms with Crippen LogP contribution in [0.3, 0.4) is 0 Å². The van der Waals surface area contributed by atoms with Crippen LogP contribution in [-0.2, 0) is 0 Å². The molecule has 112 valence electrons. The van der Waals surface area contributed by atoms with E-state index in [0.29, 0.717) is 0 Å². The fraction of sp³-hybridized carbons (Fsp3) is 0.333. The maximum absolute atomic E-state index is 6.35. The Bertz CT molecular complexity index is 602. The summed E-state index contributed by atoms with van der Waals surface area (Å²) in [5.41, 5.74) is 6.75. The summed E-state index contributed by atoms with van der Waals surface area (Å²) >= 11 is 19.0. The Morgan fingerprint density at radius 1 is 0.714 bits per heavy atom. The molecule has 0 bridgehead atoms. The minimum atomic E-state index is -1.39. The lowest BCUT2D eigenvalue weighted by Gasteiger charge is -2.29. The van der Waals surface area contributed by atoms with Crippen LogP contribution in [0.1, 0.15) is 39.3 Å². The van der Waals surface area contributed by atoms with E-state index in [1.165, 1.54) is 11.1 Å². The molecular formula is C18H19Cl3. The summed E-state index contributed by atoms with van der Waals surface area (Å²) in [5.74, 6) is -0.276. The molecule has 0 fully saturated rings. The second-order valence-corrected chi connectivity index (χ2v) is 8.06. The normalized spacial score (nSPS) is 12.0. The first-order chi connectivity index (χ1) is 9.70. The van der Waals surface area contributed by atoms with Crippen LogP contribution in [0.4, 0.5) is 0 Å². The SMILES string of the molecule is Cc1ccc(C)c(C(c2cc(C)ccc2C)C(Cl)(Cl)Cl)c1. The van der Waals surface area contributed by atoms with Crippen molar-refractivity contribution in [1.29, 1.82) is 0 Å². The molecule has 0 aliphatic heterocycles. The Hall–Kier alpha value is -0.690. The number of rotatable bonds is 2. The molecule has 0 aromatic heterocycles. The van der Waals surface area contributed by atoms with Crippen LogP contribution >= 0.6 is 34.8 Å². The highest BCUT2D eigenvalue weighted by Crippen LogP contribution is 2.47. The van der Waals surface area contributed by atoms with Gasteiger partial charge in [0.05, 0.1) is 5.92 Å². The van der Waals surface area contributed by atoms with Crippen LogP contribution in [0.15, 0.2) is 36.4 Å². The van der Waals surface area contributed by atoms with E-state index in [1.807, 2.05) is 0 Å².